The molecule has 0 bridgehead atoms. The molecule has 0 fully saturated rings. The van der Waals surface area contributed by atoms with Crippen LogP contribution in [0.1, 0.15) is 25.1 Å². The number of rotatable bonds is 5. The third kappa shape index (κ3) is 4.32. The summed E-state index contributed by atoms with van der Waals surface area (Å²) in [6, 6.07) is 5.83. The Morgan fingerprint density at radius 2 is 2.24 bits per heavy atom. The molecule has 0 aliphatic heterocycles. The first-order valence-corrected chi connectivity index (χ1v) is 7.53. The van der Waals surface area contributed by atoms with Gasteiger partial charge in [-0.25, -0.2) is 9.66 Å². The van der Waals surface area contributed by atoms with Crippen molar-refractivity contribution in [2.45, 2.75) is 20.8 Å². The third-order valence-corrected chi connectivity index (χ3v) is 3.19. The largest absolute Gasteiger partial charge is 0.493 e. The van der Waals surface area contributed by atoms with Gasteiger partial charge in [-0.05, 0) is 31.0 Å². The minimum atomic E-state index is 0.364. The van der Waals surface area contributed by atoms with Crippen molar-refractivity contribution in [2.24, 2.45) is 11.0 Å². The number of hydrogen-bond donors (Lipinski definition) is 1. The summed E-state index contributed by atoms with van der Waals surface area (Å²) in [7, 11) is 0. The van der Waals surface area contributed by atoms with Gasteiger partial charge in [-0.2, -0.15) is 5.10 Å². The second-order valence-electron chi connectivity index (χ2n) is 5.22. The van der Waals surface area contributed by atoms with Crippen LogP contribution >= 0.6 is 15.9 Å². The second-order valence-corrected chi connectivity index (χ2v) is 6.13. The number of nitrogen functional groups attached to an aromatic ring is 1. The Morgan fingerprint density at radius 3 is 2.86 bits per heavy atom. The molecule has 0 amide bonds. The monoisotopic (exact) mass is 350 g/mol. The molecular weight excluding hydrogens is 332 g/mol. The maximum atomic E-state index is 5.81. The Kier molecular flexibility index (Phi) is 5.01. The Morgan fingerprint density at radius 1 is 1.48 bits per heavy atom. The molecule has 0 atom stereocenters. The van der Waals surface area contributed by atoms with Crippen LogP contribution in [0, 0.1) is 12.8 Å². The second kappa shape index (κ2) is 6.76. The molecule has 0 saturated heterocycles. The van der Waals surface area contributed by atoms with Gasteiger partial charge >= 0.3 is 0 Å². The van der Waals surface area contributed by atoms with E-state index in [-0.39, 0.29) is 0 Å². The van der Waals surface area contributed by atoms with E-state index in [2.05, 4.69) is 39.9 Å². The first-order chi connectivity index (χ1) is 9.95. The van der Waals surface area contributed by atoms with E-state index in [0.29, 0.717) is 18.5 Å². The van der Waals surface area contributed by atoms with Crippen molar-refractivity contribution in [2.75, 3.05) is 12.3 Å². The van der Waals surface area contributed by atoms with Crippen molar-refractivity contribution < 1.29 is 4.74 Å². The van der Waals surface area contributed by atoms with Crippen LogP contribution in [-0.2, 0) is 0 Å². The summed E-state index contributed by atoms with van der Waals surface area (Å²) in [5, 5.41) is 4.33. The van der Waals surface area contributed by atoms with Crippen LogP contribution in [0.2, 0.25) is 0 Å². The molecule has 1 aromatic carbocycles. The number of benzene rings is 1. The molecule has 0 unspecified atom stereocenters. The lowest BCUT2D eigenvalue weighted by molar-refractivity contribution is 0.270. The highest BCUT2D eigenvalue weighted by molar-refractivity contribution is 9.10. The van der Waals surface area contributed by atoms with Gasteiger partial charge < -0.3 is 10.5 Å². The van der Waals surface area contributed by atoms with E-state index in [9.17, 15) is 0 Å². The Labute approximate surface area is 133 Å². The maximum Gasteiger partial charge on any atom is 0.221 e. The summed E-state index contributed by atoms with van der Waals surface area (Å²) < 4.78 is 8.32. The van der Waals surface area contributed by atoms with Gasteiger partial charge in [0.2, 0.25) is 5.95 Å². The van der Waals surface area contributed by atoms with Crippen molar-refractivity contribution >= 4 is 28.1 Å². The highest BCUT2D eigenvalue weighted by Gasteiger charge is 2.05. The Bertz CT molecular complexity index is 649. The SMILES string of the molecule is Cc1cn(N=Cc2cc(Br)ccc2OCC(C)C)c(N)n1. The van der Waals surface area contributed by atoms with E-state index in [0.717, 1.165) is 21.5 Å². The summed E-state index contributed by atoms with van der Waals surface area (Å²) in [4.78, 5) is 4.11. The number of aromatic nitrogens is 2. The van der Waals surface area contributed by atoms with Crippen LogP contribution in [0.4, 0.5) is 5.95 Å². The van der Waals surface area contributed by atoms with Crippen LogP contribution in [0.25, 0.3) is 0 Å². The van der Waals surface area contributed by atoms with Crippen molar-refractivity contribution in [3.05, 3.63) is 40.1 Å². The van der Waals surface area contributed by atoms with E-state index >= 15 is 0 Å². The molecule has 5 nitrogen and oxygen atoms in total. The molecular formula is C15H19BrN4O. The zero-order valence-corrected chi connectivity index (χ0v) is 14.0. The molecule has 1 heterocycles. The lowest BCUT2D eigenvalue weighted by atomic mass is 10.2. The van der Waals surface area contributed by atoms with Crippen LogP contribution in [0.3, 0.4) is 0 Å². The molecule has 0 radical (unpaired) electrons. The fourth-order valence-corrected chi connectivity index (χ4v) is 2.11. The van der Waals surface area contributed by atoms with Crippen LogP contribution in [0.15, 0.2) is 34.0 Å². The molecule has 21 heavy (non-hydrogen) atoms. The normalized spacial score (nSPS) is 11.5. The lowest BCUT2D eigenvalue weighted by Gasteiger charge is -2.11. The summed E-state index contributed by atoms with van der Waals surface area (Å²) >= 11 is 3.46. The lowest BCUT2D eigenvalue weighted by Crippen LogP contribution is -2.06. The highest BCUT2D eigenvalue weighted by Crippen LogP contribution is 2.22. The summed E-state index contributed by atoms with van der Waals surface area (Å²) in [5.74, 6) is 1.62. The molecule has 0 aliphatic rings. The zero-order valence-electron chi connectivity index (χ0n) is 12.4. The molecule has 2 rings (SSSR count). The third-order valence-electron chi connectivity index (χ3n) is 2.70. The highest BCUT2D eigenvalue weighted by atomic mass is 79.9. The van der Waals surface area contributed by atoms with Crippen LogP contribution in [-0.4, -0.2) is 22.5 Å². The fraction of sp³-hybridized carbons (Fsp3) is 0.333. The minimum absolute atomic E-state index is 0.364. The molecule has 0 aliphatic carbocycles. The summed E-state index contributed by atoms with van der Waals surface area (Å²) in [5.41, 5.74) is 7.48. The zero-order chi connectivity index (χ0) is 15.4. The van der Waals surface area contributed by atoms with Gasteiger partial charge in [-0.15, -0.1) is 0 Å². The maximum absolute atomic E-state index is 5.81. The first kappa shape index (κ1) is 15.6. The smallest absolute Gasteiger partial charge is 0.221 e. The standard InChI is InChI=1S/C15H19BrN4O/c1-10(2)9-21-14-5-4-13(16)6-12(14)7-18-20-8-11(3)19-15(20)17/h4-8,10H,9H2,1-3H3,(H2,17,19). The topological polar surface area (TPSA) is 65.4 Å². The number of nitrogens with zero attached hydrogens (tertiary/aromatic N) is 3. The average Bonchev–Trinajstić information content (AvgIpc) is 2.73. The molecule has 1 aromatic heterocycles. The van der Waals surface area contributed by atoms with Crippen molar-refractivity contribution in [3.63, 3.8) is 0 Å². The number of nitrogens with two attached hydrogens (primary N) is 1. The number of hydrogen-bond acceptors (Lipinski definition) is 4. The van der Waals surface area contributed by atoms with Crippen LogP contribution < -0.4 is 10.5 Å². The van der Waals surface area contributed by atoms with E-state index in [1.807, 2.05) is 25.1 Å². The number of ether oxygens (including phenoxy) is 1. The molecule has 0 saturated carbocycles. The van der Waals surface area contributed by atoms with Crippen LogP contribution in [0.5, 0.6) is 5.75 Å². The number of aryl methyl sites for hydroxylation is 1. The number of anilines is 1. The van der Waals surface area contributed by atoms with Crippen molar-refractivity contribution in [1.29, 1.82) is 0 Å². The molecule has 112 valence electrons. The summed E-state index contributed by atoms with van der Waals surface area (Å²) in [6.07, 6.45) is 3.50. The predicted octanol–water partition coefficient (Wildman–Crippen LogP) is 3.45. The molecule has 0 spiro atoms. The quantitative estimate of drug-likeness (QED) is 0.839. The van der Waals surface area contributed by atoms with Gasteiger partial charge in [0, 0.05) is 10.0 Å². The van der Waals surface area contributed by atoms with E-state index in [1.54, 1.807) is 17.1 Å². The average molecular weight is 351 g/mol. The summed E-state index contributed by atoms with van der Waals surface area (Å²) in [6.45, 7) is 6.76. The van der Waals surface area contributed by atoms with E-state index in [1.165, 1.54) is 0 Å². The fourth-order valence-electron chi connectivity index (χ4n) is 1.73. The predicted molar refractivity (Wildman–Crippen MR) is 88.8 cm³/mol. The number of imidazole rings is 1. The molecule has 2 aromatic rings. The van der Waals surface area contributed by atoms with Gasteiger partial charge in [-0.3, -0.25) is 0 Å². The minimum Gasteiger partial charge on any atom is -0.493 e. The van der Waals surface area contributed by atoms with Crippen molar-refractivity contribution in [3.8, 4) is 5.75 Å². The van der Waals surface area contributed by atoms with Gasteiger partial charge in [0.25, 0.3) is 0 Å². The van der Waals surface area contributed by atoms with Gasteiger partial charge in [-0.1, -0.05) is 29.8 Å². The molecule has 6 heteroatoms. The Balaban J connectivity index is 2.25. The van der Waals surface area contributed by atoms with E-state index in [4.69, 9.17) is 10.5 Å². The van der Waals surface area contributed by atoms with Gasteiger partial charge in [0.15, 0.2) is 0 Å². The van der Waals surface area contributed by atoms with Gasteiger partial charge in [0.1, 0.15) is 5.75 Å². The van der Waals surface area contributed by atoms with E-state index < -0.39 is 0 Å². The van der Waals surface area contributed by atoms with Gasteiger partial charge in [0.05, 0.1) is 24.7 Å². The molecule has 2 N–H and O–H groups in total. The first-order valence-electron chi connectivity index (χ1n) is 6.74. The van der Waals surface area contributed by atoms with Crippen molar-refractivity contribution in [1.82, 2.24) is 9.66 Å². The number of halogens is 1. The Hall–Kier alpha value is -1.82.